The van der Waals surface area contributed by atoms with Gasteiger partial charge in [-0.1, -0.05) is 30.4 Å². The topological polar surface area (TPSA) is 29.3 Å². The molecule has 0 saturated heterocycles. The van der Waals surface area contributed by atoms with Gasteiger partial charge in [0, 0.05) is 17.3 Å². The third-order valence-electron chi connectivity index (χ3n) is 4.02. The number of rotatable bonds is 2. The summed E-state index contributed by atoms with van der Waals surface area (Å²) in [4.78, 5) is 2.28. The van der Waals surface area contributed by atoms with Gasteiger partial charge in [0.2, 0.25) is 0 Å². The van der Waals surface area contributed by atoms with E-state index in [1.54, 1.807) is 12.1 Å². The van der Waals surface area contributed by atoms with Crippen LogP contribution in [0, 0.1) is 5.82 Å². The molecule has 21 heavy (non-hydrogen) atoms. The van der Waals surface area contributed by atoms with E-state index >= 15 is 0 Å². The van der Waals surface area contributed by atoms with Crippen molar-refractivity contribution < 1.29 is 4.39 Å². The summed E-state index contributed by atoms with van der Waals surface area (Å²) in [5, 5.41) is 0. The van der Waals surface area contributed by atoms with Gasteiger partial charge >= 0.3 is 0 Å². The SMILES string of the molecule is CC1CCc2ccccc2N1c1ccc(C(N)=S)cc1F. The van der Waals surface area contributed by atoms with Crippen LogP contribution in [0.4, 0.5) is 15.8 Å². The molecule has 0 fully saturated rings. The Morgan fingerprint density at radius 1 is 1.24 bits per heavy atom. The zero-order valence-corrected chi connectivity index (χ0v) is 12.7. The Morgan fingerprint density at radius 3 is 2.71 bits per heavy atom. The van der Waals surface area contributed by atoms with E-state index in [2.05, 4.69) is 17.9 Å². The summed E-state index contributed by atoms with van der Waals surface area (Å²) in [7, 11) is 0. The predicted octanol–water partition coefficient (Wildman–Crippen LogP) is 3.93. The average molecular weight is 300 g/mol. The van der Waals surface area contributed by atoms with Crippen molar-refractivity contribution in [2.24, 2.45) is 5.73 Å². The number of hydrogen-bond donors (Lipinski definition) is 1. The van der Waals surface area contributed by atoms with Crippen LogP contribution in [0.15, 0.2) is 42.5 Å². The van der Waals surface area contributed by atoms with Crippen molar-refractivity contribution >= 4 is 28.6 Å². The molecule has 0 saturated carbocycles. The van der Waals surface area contributed by atoms with Gasteiger partial charge in [-0.05, 0) is 49.6 Å². The van der Waals surface area contributed by atoms with Gasteiger partial charge in [0.25, 0.3) is 0 Å². The van der Waals surface area contributed by atoms with E-state index in [9.17, 15) is 4.39 Å². The Hall–Kier alpha value is -1.94. The van der Waals surface area contributed by atoms with Crippen LogP contribution in [0.1, 0.15) is 24.5 Å². The van der Waals surface area contributed by atoms with Crippen LogP contribution in [0.3, 0.4) is 0 Å². The number of anilines is 2. The summed E-state index contributed by atoms with van der Waals surface area (Å²) in [5.74, 6) is -0.288. The predicted molar refractivity (Wildman–Crippen MR) is 88.7 cm³/mol. The third kappa shape index (κ3) is 2.51. The van der Waals surface area contributed by atoms with Crippen LogP contribution < -0.4 is 10.6 Å². The molecule has 1 atom stereocenters. The van der Waals surface area contributed by atoms with Gasteiger partial charge in [-0.15, -0.1) is 0 Å². The molecule has 1 heterocycles. The molecule has 2 nitrogen and oxygen atoms in total. The number of halogens is 1. The first kappa shape index (κ1) is 14.0. The Bertz CT molecular complexity index is 699. The highest BCUT2D eigenvalue weighted by atomic mass is 32.1. The lowest BCUT2D eigenvalue weighted by molar-refractivity contribution is 0.584. The molecule has 0 spiro atoms. The molecule has 2 aromatic rings. The molecule has 0 aromatic heterocycles. The van der Waals surface area contributed by atoms with Crippen molar-refractivity contribution in [3.63, 3.8) is 0 Å². The number of aryl methyl sites for hydroxylation is 1. The smallest absolute Gasteiger partial charge is 0.147 e. The maximum Gasteiger partial charge on any atom is 0.147 e. The molecular formula is C17H17FN2S. The van der Waals surface area contributed by atoms with E-state index in [4.69, 9.17) is 18.0 Å². The third-order valence-corrected chi connectivity index (χ3v) is 4.25. The first-order chi connectivity index (χ1) is 10.1. The van der Waals surface area contributed by atoms with Crippen molar-refractivity contribution in [1.29, 1.82) is 0 Å². The van der Waals surface area contributed by atoms with Crippen molar-refractivity contribution in [2.75, 3.05) is 4.90 Å². The molecule has 108 valence electrons. The summed E-state index contributed by atoms with van der Waals surface area (Å²) < 4.78 is 14.5. The van der Waals surface area contributed by atoms with E-state index in [1.807, 2.05) is 18.2 Å². The lowest BCUT2D eigenvalue weighted by Crippen LogP contribution is -2.33. The van der Waals surface area contributed by atoms with E-state index in [-0.39, 0.29) is 16.8 Å². The average Bonchev–Trinajstić information content (AvgIpc) is 2.48. The fourth-order valence-electron chi connectivity index (χ4n) is 2.91. The second kappa shape index (κ2) is 5.45. The summed E-state index contributed by atoms with van der Waals surface area (Å²) >= 11 is 4.91. The molecule has 1 aliphatic heterocycles. The quantitative estimate of drug-likeness (QED) is 0.852. The molecule has 0 amide bonds. The van der Waals surface area contributed by atoms with E-state index in [0.29, 0.717) is 11.3 Å². The lowest BCUT2D eigenvalue weighted by atomic mass is 9.95. The van der Waals surface area contributed by atoms with E-state index in [1.165, 1.54) is 11.6 Å². The number of thiocarbonyl (C=S) groups is 1. The number of nitrogens with two attached hydrogens (primary N) is 1. The number of nitrogens with zero attached hydrogens (tertiary/aromatic N) is 1. The number of hydrogen-bond acceptors (Lipinski definition) is 2. The molecule has 4 heteroatoms. The molecule has 0 bridgehead atoms. The van der Waals surface area contributed by atoms with E-state index < -0.39 is 0 Å². The van der Waals surface area contributed by atoms with Gasteiger partial charge in [0.05, 0.1) is 5.69 Å². The minimum Gasteiger partial charge on any atom is -0.389 e. The van der Waals surface area contributed by atoms with Crippen LogP contribution >= 0.6 is 12.2 Å². The Balaban J connectivity index is 2.09. The van der Waals surface area contributed by atoms with Gasteiger partial charge in [0.15, 0.2) is 0 Å². The highest BCUT2D eigenvalue weighted by Crippen LogP contribution is 2.37. The normalized spacial score (nSPS) is 17.4. The fourth-order valence-corrected chi connectivity index (χ4v) is 3.04. The van der Waals surface area contributed by atoms with Crippen molar-refractivity contribution in [2.45, 2.75) is 25.8 Å². The zero-order valence-electron chi connectivity index (χ0n) is 11.8. The molecule has 2 aromatic carbocycles. The minimum atomic E-state index is -0.288. The fraction of sp³-hybridized carbons (Fsp3) is 0.235. The van der Waals surface area contributed by atoms with Crippen molar-refractivity contribution in [3.8, 4) is 0 Å². The lowest BCUT2D eigenvalue weighted by Gasteiger charge is -2.37. The van der Waals surface area contributed by atoms with Gasteiger partial charge in [0.1, 0.15) is 10.8 Å². The molecule has 0 aliphatic carbocycles. The van der Waals surface area contributed by atoms with Crippen molar-refractivity contribution in [1.82, 2.24) is 0 Å². The van der Waals surface area contributed by atoms with Crippen LogP contribution in [-0.2, 0) is 6.42 Å². The van der Waals surface area contributed by atoms with Gasteiger partial charge < -0.3 is 10.6 Å². The number of fused-ring (bicyclic) bond motifs is 1. The highest BCUT2D eigenvalue weighted by Gasteiger charge is 2.26. The molecule has 0 radical (unpaired) electrons. The maximum absolute atomic E-state index is 14.5. The van der Waals surface area contributed by atoms with Gasteiger partial charge in [-0.3, -0.25) is 0 Å². The van der Waals surface area contributed by atoms with Crippen LogP contribution in [0.25, 0.3) is 0 Å². The molecule has 3 rings (SSSR count). The number of para-hydroxylation sites is 1. The Kier molecular flexibility index (Phi) is 3.64. The summed E-state index contributed by atoms with van der Waals surface area (Å²) in [6, 6.07) is 13.4. The first-order valence-electron chi connectivity index (χ1n) is 7.04. The first-order valence-corrected chi connectivity index (χ1v) is 7.45. The minimum absolute atomic E-state index is 0.215. The van der Waals surface area contributed by atoms with E-state index in [0.717, 1.165) is 18.5 Å². The van der Waals surface area contributed by atoms with Crippen molar-refractivity contribution in [3.05, 3.63) is 59.4 Å². The Labute approximate surface area is 129 Å². The highest BCUT2D eigenvalue weighted by molar-refractivity contribution is 7.80. The Morgan fingerprint density at radius 2 is 2.00 bits per heavy atom. The second-order valence-corrected chi connectivity index (χ2v) is 5.86. The van der Waals surface area contributed by atoms with Crippen LogP contribution in [0.5, 0.6) is 0 Å². The summed E-state index contributed by atoms with van der Waals surface area (Å²) in [5.41, 5.74) is 9.04. The maximum atomic E-state index is 14.5. The molecule has 2 N–H and O–H groups in total. The van der Waals surface area contributed by atoms with Gasteiger partial charge in [-0.2, -0.15) is 0 Å². The monoisotopic (exact) mass is 300 g/mol. The second-order valence-electron chi connectivity index (χ2n) is 5.42. The molecule has 1 unspecified atom stereocenters. The van der Waals surface area contributed by atoms with Crippen LogP contribution in [0.2, 0.25) is 0 Å². The zero-order chi connectivity index (χ0) is 15.0. The standard InChI is InChI=1S/C17H17FN2S/c1-11-6-7-12-4-2-3-5-15(12)20(11)16-9-8-13(17(19)21)10-14(16)18/h2-5,8-11H,6-7H2,1H3,(H2,19,21). The van der Waals surface area contributed by atoms with Crippen LogP contribution in [-0.4, -0.2) is 11.0 Å². The largest absolute Gasteiger partial charge is 0.389 e. The summed E-state index contributed by atoms with van der Waals surface area (Å²) in [6.07, 6.45) is 2.04. The van der Waals surface area contributed by atoms with Gasteiger partial charge in [-0.25, -0.2) is 4.39 Å². The molecule has 1 aliphatic rings. The number of benzene rings is 2. The summed E-state index contributed by atoms with van der Waals surface area (Å²) in [6.45, 7) is 2.12. The molecular weight excluding hydrogens is 283 g/mol.